The van der Waals surface area contributed by atoms with Crippen molar-refractivity contribution in [3.63, 3.8) is 0 Å². The number of nitrogens with zero attached hydrogens (tertiary/aromatic N) is 2. The quantitative estimate of drug-likeness (QED) is 0.643. The fourth-order valence-electron chi connectivity index (χ4n) is 0.409. The number of hydrogen-bond acceptors (Lipinski definition) is 3. The van der Waals surface area contributed by atoms with Gasteiger partial charge in [0.05, 0.1) is 5.69 Å². The molecule has 0 fully saturated rings. The molecule has 0 aromatic carbocycles. The molecule has 0 aliphatic carbocycles. The molecule has 0 spiro atoms. The third-order valence-corrected chi connectivity index (χ3v) is 0.819. The second kappa shape index (κ2) is 5.52. The van der Waals surface area contributed by atoms with E-state index in [4.69, 9.17) is 5.73 Å². The van der Waals surface area contributed by atoms with E-state index >= 15 is 0 Å². The number of nitrogen functional groups attached to an aromatic ring is 1. The number of anilines is 1. The highest BCUT2D eigenvalue weighted by atomic mass is 15.1. The highest BCUT2D eigenvalue weighted by Crippen LogP contribution is 1.92. The Morgan fingerprint density at radius 1 is 1.17 bits per heavy atom. The molecule has 3 nitrogen and oxygen atoms in total. The largest absolute Gasteiger partial charge is 0.382 e. The zero-order valence-electron chi connectivity index (χ0n) is 8.20. The fourth-order valence-corrected chi connectivity index (χ4v) is 0.409. The van der Waals surface area contributed by atoms with E-state index in [0.29, 0.717) is 5.82 Å². The number of aryl methyl sites for hydroxylation is 1. The summed E-state index contributed by atoms with van der Waals surface area (Å²) in [7, 11) is 0. The first-order valence-electron chi connectivity index (χ1n) is 4.08. The molecule has 3 heteroatoms. The van der Waals surface area contributed by atoms with Gasteiger partial charge >= 0.3 is 0 Å². The maximum atomic E-state index is 5.25. The fraction of sp³-hybridized carbons (Fsp3) is 0.556. The molecule has 0 bridgehead atoms. The lowest BCUT2D eigenvalue weighted by atomic mass is 10.3. The van der Waals surface area contributed by atoms with Crippen molar-refractivity contribution in [1.82, 2.24) is 10.2 Å². The average Bonchev–Trinajstić information content (AvgIpc) is 1.94. The second-order valence-electron chi connectivity index (χ2n) is 3.33. The van der Waals surface area contributed by atoms with Crippen LogP contribution in [0.2, 0.25) is 0 Å². The summed E-state index contributed by atoms with van der Waals surface area (Å²) in [5, 5.41) is 7.31. The molecule has 1 aromatic rings. The predicted octanol–water partition coefficient (Wildman–Crippen LogP) is 2.03. The van der Waals surface area contributed by atoms with E-state index in [9.17, 15) is 0 Å². The topological polar surface area (TPSA) is 51.8 Å². The van der Waals surface area contributed by atoms with Gasteiger partial charge in [-0.3, -0.25) is 0 Å². The molecule has 0 aliphatic rings. The first-order valence-corrected chi connectivity index (χ1v) is 4.08. The number of hydrogen-bond donors (Lipinski definition) is 1. The van der Waals surface area contributed by atoms with Crippen LogP contribution >= 0.6 is 0 Å². The summed E-state index contributed by atoms with van der Waals surface area (Å²) in [5.74, 6) is 1.30. The Morgan fingerprint density at radius 3 is 1.92 bits per heavy atom. The van der Waals surface area contributed by atoms with Gasteiger partial charge in [0.15, 0.2) is 0 Å². The summed E-state index contributed by atoms with van der Waals surface area (Å²) in [6.07, 6.45) is 0. The minimum Gasteiger partial charge on any atom is -0.382 e. The first-order chi connectivity index (χ1) is 5.52. The maximum Gasteiger partial charge on any atom is 0.146 e. The number of nitrogens with two attached hydrogens (primary N) is 1. The average molecular weight is 167 g/mol. The Morgan fingerprint density at radius 2 is 1.67 bits per heavy atom. The van der Waals surface area contributed by atoms with Gasteiger partial charge < -0.3 is 5.73 Å². The van der Waals surface area contributed by atoms with Gasteiger partial charge in [-0.1, -0.05) is 20.8 Å². The highest BCUT2D eigenvalue weighted by molar-refractivity contribution is 5.24. The molecule has 1 rings (SSSR count). The molecule has 0 amide bonds. The molecule has 0 aliphatic heterocycles. The summed E-state index contributed by atoms with van der Waals surface area (Å²) in [4.78, 5) is 0. The normalized spacial score (nSPS) is 9.08. The van der Waals surface area contributed by atoms with Crippen molar-refractivity contribution in [2.45, 2.75) is 27.7 Å². The lowest BCUT2D eigenvalue weighted by Crippen LogP contribution is -1.92. The van der Waals surface area contributed by atoms with Gasteiger partial charge in [0.1, 0.15) is 5.82 Å². The van der Waals surface area contributed by atoms with Crippen molar-refractivity contribution in [1.29, 1.82) is 0 Å². The van der Waals surface area contributed by atoms with Gasteiger partial charge in [-0.25, -0.2) is 0 Å². The molecule has 0 unspecified atom stereocenters. The van der Waals surface area contributed by atoms with Crippen molar-refractivity contribution < 1.29 is 0 Å². The third kappa shape index (κ3) is 6.99. The Balaban J connectivity index is 0.000000261. The lowest BCUT2D eigenvalue weighted by Gasteiger charge is -1.87. The molecular weight excluding hydrogens is 150 g/mol. The standard InChI is InChI=1S/C5H7N3.C4H10/c1-4-2-3-5(6)8-7-4;1-4(2)3/h2-3H,1H3,(H2,6,8);4H,1-3H3. The van der Waals surface area contributed by atoms with Gasteiger partial charge in [0, 0.05) is 0 Å². The zero-order valence-corrected chi connectivity index (χ0v) is 8.20. The van der Waals surface area contributed by atoms with E-state index in [2.05, 4.69) is 31.0 Å². The van der Waals surface area contributed by atoms with Crippen LogP contribution in [0.25, 0.3) is 0 Å². The van der Waals surface area contributed by atoms with Gasteiger partial charge in [-0.15, -0.1) is 5.10 Å². The van der Waals surface area contributed by atoms with Crippen LogP contribution in [0.1, 0.15) is 26.5 Å². The van der Waals surface area contributed by atoms with Crippen LogP contribution < -0.4 is 5.73 Å². The van der Waals surface area contributed by atoms with E-state index in [1.807, 2.05) is 13.0 Å². The molecule has 0 atom stereocenters. The summed E-state index contributed by atoms with van der Waals surface area (Å²) in [6.45, 7) is 8.37. The first kappa shape index (κ1) is 10.9. The summed E-state index contributed by atoms with van der Waals surface area (Å²) >= 11 is 0. The molecule has 12 heavy (non-hydrogen) atoms. The molecule has 0 saturated carbocycles. The monoisotopic (exact) mass is 167 g/mol. The summed E-state index contributed by atoms with van der Waals surface area (Å²) in [5.41, 5.74) is 6.14. The predicted molar refractivity (Wildman–Crippen MR) is 51.7 cm³/mol. The van der Waals surface area contributed by atoms with Gasteiger partial charge in [-0.05, 0) is 25.0 Å². The van der Waals surface area contributed by atoms with Gasteiger partial charge in [-0.2, -0.15) is 5.10 Å². The molecule has 68 valence electrons. The van der Waals surface area contributed by atoms with Gasteiger partial charge in [0.25, 0.3) is 0 Å². The summed E-state index contributed by atoms with van der Waals surface area (Å²) < 4.78 is 0. The smallest absolute Gasteiger partial charge is 0.146 e. The maximum absolute atomic E-state index is 5.25. The van der Waals surface area contributed by atoms with Crippen LogP contribution in [-0.2, 0) is 0 Å². The van der Waals surface area contributed by atoms with E-state index < -0.39 is 0 Å². The van der Waals surface area contributed by atoms with Crippen LogP contribution in [0.5, 0.6) is 0 Å². The van der Waals surface area contributed by atoms with E-state index in [1.54, 1.807) is 6.07 Å². The zero-order chi connectivity index (χ0) is 9.56. The van der Waals surface area contributed by atoms with Gasteiger partial charge in [0.2, 0.25) is 0 Å². The van der Waals surface area contributed by atoms with Crippen LogP contribution in [0, 0.1) is 12.8 Å². The number of rotatable bonds is 0. The van der Waals surface area contributed by atoms with Crippen LogP contribution in [-0.4, -0.2) is 10.2 Å². The lowest BCUT2D eigenvalue weighted by molar-refractivity contribution is 0.737. The molecule has 0 saturated heterocycles. The summed E-state index contributed by atoms with van der Waals surface area (Å²) in [6, 6.07) is 3.55. The highest BCUT2D eigenvalue weighted by Gasteiger charge is 1.83. The van der Waals surface area contributed by atoms with E-state index in [-0.39, 0.29) is 0 Å². The Bertz CT molecular complexity index is 180. The minimum atomic E-state index is 0.468. The van der Waals surface area contributed by atoms with Crippen molar-refractivity contribution in [2.24, 2.45) is 5.92 Å². The third-order valence-electron chi connectivity index (χ3n) is 0.819. The van der Waals surface area contributed by atoms with E-state index in [1.165, 1.54) is 0 Å². The van der Waals surface area contributed by atoms with Crippen molar-refractivity contribution >= 4 is 5.82 Å². The Hall–Kier alpha value is -1.12. The molecule has 2 N–H and O–H groups in total. The van der Waals surface area contributed by atoms with E-state index in [0.717, 1.165) is 11.6 Å². The number of aromatic nitrogens is 2. The molecular formula is C9H17N3. The van der Waals surface area contributed by atoms with Crippen molar-refractivity contribution in [2.75, 3.05) is 5.73 Å². The molecule has 0 radical (unpaired) electrons. The Kier molecular flexibility index (Phi) is 5.00. The SMILES string of the molecule is CC(C)C.Cc1ccc(N)nn1. The molecule has 1 heterocycles. The molecule has 1 aromatic heterocycles. The van der Waals surface area contributed by atoms with Crippen LogP contribution in [0.15, 0.2) is 12.1 Å². The minimum absolute atomic E-state index is 0.468. The Labute approximate surface area is 74.0 Å². The van der Waals surface area contributed by atoms with Crippen LogP contribution in [0.4, 0.5) is 5.82 Å². The second-order valence-corrected chi connectivity index (χ2v) is 3.33. The van der Waals surface area contributed by atoms with Crippen LogP contribution in [0.3, 0.4) is 0 Å². The van der Waals surface area contributed by atoms with Crippen molar-refractivity contribution in [3.05, 3.63) is 17.8 Å². The van der Waals surface area contributed by atoms with Crippen molar-refractivity contribution in [3.8, 4) is 0 Å².